The number of carboxylic acids is 1. The van der Waals surface area contributed by atoms with Crippen molar-refractivity contribution >= 4 is 23.2 Å². The summed E-state index contributed by atoms with van der Waals surface area (Å²) in [5, 5.41) is 12.2. The fraction of sp³-hybridized carbons (Fsp3) is 0.308. The summed E-state index contributed by atoms with van der Waals surface area (Å²) in [7, 11) is 1.65. The minimum atomic E-state index is -0.966. The van der Waals surface area contributed by atoms with Crippen LogP contribution in [0, 0.1) is 0 Å². The fourth-order valence-electron chi connectivity index (χ4n) is 4.05. The molecular weight excluding hydrogens is 438 g/mol. The second kappa shape index (κ2) is 10.2. The van der Waals surface area contributed by atoms with E-state index in [1.54, 1.807) is 42.7 Å². The normalized spacial score (nSPS) is 13.8. The predicted octanol–water partition coefficient (Wildman–Crippen LogP) is 4.80. The molecular formula is C26H27NO5S. The van der Waals surface area contributed by atoms with Crippen LogP contribution in [0.2, 0.25) is 0 Å². The monoisotopic (exact) mass is 465 g/mol. The molecule has 0 fully saturated rings. The number of carbonyl (C=O) groups is 2. The first-order chi connectivity index (χ1) is 16.0. The number of hydrogen-bond acceptors (Lipinski definition) is 5. The van der Waals surface area contributed by atoms with Crippen LogP contribution in [0.25, 0.3) is 0 Å². The first-order valence-electron chi connectivity index (χ1n) is 10.9. The summed E-state index contributed by atoms with van der Waals surface area (Å²) in [6.07, 6.45) is 2.34. The number of methoxy groups -OCH3 is 1. The number of rotatable bonds is 8. The molecule has 0 saturated carbocycles. The summed E-state index contributed by atoms with van der Waals surface area (Å²) >= 11 is 1.67. The van der Waals surface area contributed by atoms with Crippen molar-refractivity contribution in [3.05, 3.63) is 86.1 Å². The molecule has 33 heavy (non-hydrogen) atoms. The molecule has 2 N–H and O–H groups in total. The maximum atomic E-state index is 13.4. The third kappa shape index (κ3) is 5.26. The number of benzene rings is 2. The zero-order valence-corrected chi connectivity index (χ0v) is 19.5. The van der Waals surface area contributed by atoms with Gasteiger partial charge in [-0.15, -0.1) is 11.3 Å². The lowest BCUT2D eigenvalue weighted by Crippen LogP contribution is -2.28. The van der Waals surface area contributed by atoms with Crippen molar-refractivity contribution in [3.63, 3.8) is 0 Å². The number of amides is 1. The van der Waals surface area contributed by atoms with Gasteiger partial charge in [0.25, 0.3) is 5.91 Å². The molecule has 0 saturated heterocycles. The fourth-order valence-corrected chi connectivity index (χ4v) is 5.33. The molecule has 1 aromatic heterocycles. The van der Waals surface area contributed by atoms with E-state index < -0.39 is 5.97 Å². The predicted molar refractivity (Wildman–Crippen MR) is 127 cm³/mol. The molecule has 0 radical (unpaired) electrons. The summed E-state index contributed by atoms with van der Waals surface area (Å²) in [5.74, 6) is -0.228. The Morgan fingerprint density at radius 2 is 1.85 bits per heavy atom. The summed E-state index contributed by atoms with van der Waals surface area (Å²) in [6.45, 7) is 3.08. The van der Waals surface area contributed by atoms with Gasteiger partial charge in [-0.2, -0.15) is 0 Å². The number of carbonyl (C=O) groups excluding carboxylic acids is 1. The standard InChI is InChI=1S/C26H27NO5S/c1-16(18-6-8-19(9-7-18)26(29)30)27-25(28)24-21-13-14-32-15-23(21)33-22(24)12-5-17-3-10-20(31-2)11-4-17/h3-4,6-11,16H,5,12-15H2,1-2H3,(H,27,28)(H,29,30). The van der Waals surface area contributed by atoms with E-state index >= 15 is 0 Å². The number of nitrogens with one attached hydrogen (secondary N) is 1. The minimum Gasteiger partial charge on any atom is -0.497 e. The van der Waals surface area contributed by atoms with Gasteiger partial charge in [-0.3, -0.25) is 4.79 Å². The van der Waals surface area contributed by atoms with E-state index in [9.17, 15) is 9.59 Å². The first kappa shape index (κ1) is 23.0. The van der Waals surface area contributed by atoms with Crippen LogP contribution >= 0.6 is 11.3 Å². The number of aryl methyl sites for hydroxylation is 2. The van der Waals surface area contributed by atoms with Crippen molar-refractivity contribution in [1.29, 1.82) is 0 Å². The van der Waals surface area contributed by atoms with E-state index in [-0.39, 0.29) is 17.5 Å². The van der Waals surface area contributed by atoms with E-state index in [1.165, 1.54) is 5.56 Å². The SMILES string of the molecule is COc1ccc(CCc2sc3c(c2C(=O)NC(C)c2ccc(C(=O)O)cc2)CCOC3)cc1. The molecule has 2 aromatic carbocycles. The van der Waals surface area contributed by atoms with Crippen LogP contribution in [0.3, 0.4) is 0 Å². The third-order valence-electron chi connectivity index (χ3n) is 5.93. The molecule has 1 amide bonds. The molecule has 3 aromatic rings. The van der Waals surface area contributed by atoms with Gasteiger partial charge < -0.3 is 19.9 Å². The van der Waals surface area contributed by atoms with E-state index in [4.69, 9.17) is 14.6 Å². The van der Waals surface area contributed by atoms with Crippen molar-refractivity contribution < 1.29 is 24.2 Å². The van der Waals surface area contributed by atoms with Crippen LogP contribution in [0.4, 0.5) is 0 Å². The van der Waals surface area contributed by atoms with Gasteiger partial charge in [-0.25, -0.2) is 4.79 Å². The smallest absolute Gasteiger partial charge is 0.335 e. The lowest BCUT2D eigenvalue weighted by molar-refractivity contribution is 0.0696. The molecule has 0 spiro atoms. The highest BCUT2D eigenvalue weighted by Crippen LogP contribution is 2.34. The van der Waals surface area contributed by atoms with Crippen molar-refractivity contribution in [2.24, 2.45) is 0 Å². The molecule has 2 heterocycles. The van der Waals surface area contributed by atoms with Crippen LogP contribution in [0.1, 0.15) is 60.1 Å². The zero-order valence-electron chi connectivity index (χ0n) is 18.7. The van der Waals surface area contributed by atoms with Crippen molar-refractivity contribution in [1.82, 2.24) is 5.32 Å². The van der Waals surface area contributed by atoms with Gasteiger partial charge in [0.1, 0.15) is 5.75 Å². The number of fused-ring (bicyclic) bond motifs is 1. The Balaban J connectivity index is 1.52. The summed E-state index contributed by atoms with van der Waals surface area (Å²) in [6, 6.07) is 14.4. The highest BCUT2D eigenvalue weighted by Gasteiger charge is 2.26. The molecule has 6 nitrogen and oxygen atoms in total. The van der Waals surface area contributed by atoms with Gasteiger partial charge in [-0.1, -0.05) is 24.3 Å². The Hall–Kier alpha value is -3.16. The summed E-state index contributed by atoms with van der Waals surface area (Å²) < 4.78 is 10.9. The minimum absolute atomic E-state index is 0.0889. The van der Waals surface area contributed by atoms with Crippen LogP contribution in [0.15, 0.2) is 48.5 Å². The van der Waals surface area contributed by atoms with Gasteiger partial charge in [0, 0.05) is 9.75 Å². The Labute approximate surface area is 197 Å². The van der Waals surface area contributed by atoms with E-state index in [0.29, 0.717) is 13.2 Å². The maximum absolute atomic E-state index is 13.4. The quantitative estimate of drug-likeness (QED) is 0.499. The first-order valence-corrected chi connectivity index (χ1v) is 11.8. The van der Waals surface area contributed by atoms with E-state index in [2.05, 4.69) is 17.4 Å². The number of thiophene rings is 1. The molecule has 172 valence electrons. The third-order valence-corrected chi connectivity index (χ3v) is 7.19. The Kier molecular flexibility index (Phi) is 7.11. The topological polar surface area (TPSA) is 84.9 Å². The van der Waals surface area contributed by atoms with Crippen LogP contribution < -0.4 is 10.1 Å². The molecule has 4 rings (SSSR count). The Morgan fingerprint density at radius 1 is 1.12 bits per heavy atom. The number of aromatic carboxylic acids is 1. The number of carboxylic acid groups (broad SMARTS) is 1. The van der Waals surface area contributed by atoms with Crippen molar-refractivity contribution in [2.45, 2.75) is 38.8 Å². The lowest BCUT2D eigenvalue weighted by Gasteiger charge is -2.17. The van der Waals surface area contributed by atoms with Crippen LogP contribution in [-0.4, -0.2) is 30.7 Å². The van der Waals surface area contributed by atoms with Gasteiger partial charge in [-0.05, 0) is 67.1 Å². The van der Waals surface area contributed by atoms with E-state index in [0.717, 1.165) is 51.5 Å². The lowest BCUT2D eigenvalue weighted by atomic mass is 9.99. The molecule has 0 aliphatic carbocycles. The van der Waals surface area contributed by atoms with Gasteiger partial charge in [0.2, 0.25) is 0 Å². The Morgan fingerprint density at radius 3 is 2.52 bits per heavy atom. The Bertz CT molecular complexity index is 1130. The molecule has 7 heteroatoms. The van der Waals surface area contributed by atoms with E-state index in [1.807, 2.05) is 19.1 Å². The molecule has 1 unspecified atom stereocenters. The van der Waals surface area contributed by atoms with Crippen molar-refractivity contribution in [2.75, 3.05) is 13.7 Å². The average Bonchev–Trinajstić information content (AvgIpc) is 3.21. The molecule has 1 atom stereocenters. The summed E-state index contributed by atoms with van der Waals surface area (Å²) in [4.78, 5) is 26.7. The second-order valence-electron chi connectivity index (χ2n) is 8.07. The molecule has 1 aliphatic rings. The number of hydrogen-bond donors (Lipinski definition) is 2. The van der Waals surface area contributed by atoms with Crippen molar-refractivity contribution in [3.8, 4) is 5.75 Å². The molecule has 0 bridgehead atoms. The average molecular weight is 466 g/mol. The van der Waals surface area contributed by atoms with Gasteiger partial charge >= 0.3 is 5.97 Å². The van der Waals surface area contributed by atoms with Gasteiger partial charge in [0.15, 0.2) is 0 Å². The molecule has 1 aliphatic heterocycles. The van der Waals surface area contributed by atoms with Gasteiger partial charge in [0.05, 0.1) is 37.5 Å². The largest absolute Gasteiger partial charge is 0.497 e. The van der Waals surface area contributed by atoms with Crippen LogP contribution in [0.5, 0.6) is 5.75 Å². The van der Waals surface area contributed by atoms with Crippen LogP contribution in [-0.2, 0) is 30.6 Å². The second-order valence-corrected chi connectivity index (χ2v) is 9.26. The summed E-state index contributed by atoms with van der Waals surface area (Å²) in [5.41, 5.74) is 4.16. The highest BCUT2D eigenvalue weighted by molar-refractivity contribution is 7.12. The zero-order chi connectivity index (χ0) is 23.4. The maximum Gasteiger partial charge on any atom is 0.335 e. The number of ether oxygens (including phenoxy) is 2. The highest BCUT2D eigenvalue weighted by atomic mass is 32.1.